The third-order valence-electron chi connectivity index (χ3n) is 3.20. The second-order valence-corrected chi connectivity index (χ2v) is 5.76. The number of rotatable bonds is 4. The molecule has 23 heavy (non-hydrogen) atoms. The number of carbonyl (C=O) groups excluding carboxylic acids is 1. The van der Waals surface area contributed by atoms with Crippen LogP contribution in [0.5, 0.6) is 0 Å². The van der Waals surface area contributed by atoms with E-state index in [0.717, 1.165) is 15.8 Å². The van der Waals surface area contributed by atoms with E-state index in [1.54, 1.807) is 24.4 Å². The molecule has 0 bridgehead atoms. The number of nitrogens with one attached hydrogen (secondary N) is 2. The average molecular weight is 368 g/mol. The van der Waals surface area contributed by atoms with Gasteiger partial charge in [0, 0.05) is 16.4 Å². The molecule has 2 N–H and O–H groups in total. The highest BCUT2D eigenvalue weighted by Crippen LogP contribution is 2.26. The van der Waals surface area contributed by atoms with Gasteiger partial charge < -0.3 is 10.6 Å². The quantitative estimate of drug-likeness (QED) is 0.693. The highest BCUT2D eigenvalue weighted by molar-refractivity contribution is 9.10. The van der Waals surface area contributed by atoms with E-state index >= 15 is 0 Å². The Balaban J connectivity index is 1.80. The summed E-state index contributed by atoms with van der Waals surface area (Å²) in [5, 5.41) is 6.19. The van der Waals surface area contributed by atoms with Crippen LogP contribution in [0.15, 0.2) is 77.4 Å². The van der Waals surface area contributed by atoms with Crippen molar-refractivity contribution in [2.75, 3.05) is 10.6 Å². The normalized spacial score (nSPS) is 10.1. The van der Waals surface area contributed by atoms with Crippen LogP contribution in [0, 0.1) is 0 Å². The smallest absolute Gasteiger partial charge is 0.274 e. The van der Waals surface area contributed by atoms with E-state index in [-0.39, 0.29) is 5.91 Å². The molecule has 114 valence electrons. The molecule has 0 fully saturated rings. The fraction of sp³-hybridized carbons (Fsp3) is 0. The Hall–Kier alpha value is -2.66. The van der Waals surface area contributed by atoms with Crippen LogP contribution in [0.25, 0.3) is 0 Å². The standard InChI is InChI=1S/C18H14BrN3O/c19-13-8-10-14(11-9-13)21-15-5-1-2-6-16(15)22-18(23)17-7-3-4-12-20-17/h1-12,21H,(H,22,23). The topological polar surface area (TPSA) is 54.0 Å². The van der Waals surface area contributed by atoms with Crippen LogP contribution < -0.4 is 10.6 Å². The van der Waals surface area contributed by atoms with Crippen LogP contribution in [-0.4, -0.2) is 10.9 Å². The Bertz CT molecular complexity index is 804. The minimum Gasteiger partial charge on any atom is -0.354 e. The van der Waals surface area contributed by atoms with Crippen LogP contribution in [0.1, 0.15) is 10.5 Å². The molecule has 1 amide bonds. The van der Waals surface area contributed by atoms with Crippen molar-refractivity contribution in [3.05, 3.63) is 83.1 Å². The van der Waals surface area contributed by atoms with Gasteiger partial charge in [0.1, 0.15) is 5.69 Å². The van der Waals surface area contributed by atoms with Crippen molar-refractivity contribution in [2.24, 2.45) is 0 Å². The van der Waals surface area contributed by atoms with Gasteiger partial charge in [0.25, 0.3) is 5.91 Å². The van der Waals surface area contributed by atoms with E-state index in [1.807, 2.05) is 48.5 Å². The number of aromatic nitrogens is 1. The molecule has 1 aromatic heterocycles. The molecule has 0 spiro atoms. The molecule has 2 aromatic carbocycles. The summed E-state index contributed by atoms with van der Waals surface area (Å²) in [6, 6.07) is 20.6. The van der Waals surface area contributed by atoms with Crippen LogP contribution in [0.3, 0.4) is 0 Å². The first-order valence-corrected chi connectivity index (χ1v) is 7.86. The zero-order valence-corrected chi connectivity index (χ0v) is 13.7. The monoisotopic (exact) mass is 367 g/mol. The Morgan fingerprint density at radius 3 is 2.26 bits per heavy atom. The predicted octanol–water partition coefficient (Wildman–Crippen LogP) is 4.84. The van der Waals surface area contributed by atoms with Gasteiger partial charge in [-0.3, -0.25) is 9.78 Å². The summed E-state index contributed by atoms with van der Waals surface area (Å²) >= 11 is 3.41. The van der Waals surface area contributed by atoms with Crippen molar-refractivity contribution in [2.45, 2.75) is 0 Å². The molecule has 3 rings (SSSR count). The maximum atomic E-state index is 12.3. The molecule has 3 aromatic rings. The number of anilines is 3. The van der Waals surface area contributed by atoms with E-state index in [2.05, 4.69) is 31.5 Å². The van der Waals surface area contributed by atoms with E-state index in [1.165, 1.54) is 0 Å². The summed E-state index contributed by atoms with van der Waals surface area (Å²) < 4.78 is 1.01. The summed E-state index contributed by atoms with van der Waals surface area (Å²) in [5.74, 6) is -0.240. The van der Waals surface area contributed by atoms with Gasteiger partial charge in [0.15, 0.2) is 0 Å². The van der Waals surface area contributed by atoms with Crippen LogP contribution >= 0.6 is 15.9 Å². The summed E-state index contributed by atoms with van der Waals surface area (Å²) in [6.45, 7) is 0. The van der Waals surface area contributed by atoms with Gasteiger partial charge in [-0.2, -0.15) is 0 Å². The lowest BCUT2D eigenvalue weighted by Crippen LogP contribution is -2.14. The number of carbonyl (C=O) groups is 1. The Morgan fingerprint density at radius 2 is 1.57 bits per heavy atom. The van der Waals surface area contributed by atoms with Crippen molar-refractivity contribution in [3.8, 4) is 0 Å². The van der Waals surface area contributed by atoms with Crippen molar-refractivity contribution in [3.63, 3.8) is 0 Å². The van der Waals surface area contributed by atoms with Crippen molar-refractivity contribution in [1.29, 1.82) is 0 Å². The highest BCUT2D eigenvalue weighted by atomic mass is 79.9. The number of halogens is 1. The minimum atomic E-state index is -0.240. The summed E-state index contributed by atoms with van der Waals surface area (Å²) in [4.78, 5) is 16.3. The number of pyridine rings is 1. The summed E-state index contributed by atoms with van der Waals surface area (Å²) in [5.41, 5.74) is 2.84. The zero-order chi connectivity index (χ0) is 16.1. The number of amides is 1. The van der Waals surface area contributed by atoms with E-state index in [4.69, 9.17) is 0 Å². The molecule has 0 aliphatic heterocycles. The van der Waals surface area contributed by atoms with Gasteiger partial charge in [-0.15, -0.1) is 0 Å². The third kappa shape index (κ3) is 3.96. The maximum absolute atomic E-state index is 12.3. The molecule has 0 aliphatic rings. The first-order valence-electron chi connectivity index (χ1n) is 7.06. The molecule has 0 atom stereocenters. The number of benzene rings is 2. The fourth-order valence-corrected chi connectivity index (χ4v) is 2.34. The molecule has 0 saturated carbocycles. The van der Waals surface area contributed by atoms with Gasteiger partial charge in [0.05, 0.1) is 11.4 Å². The second kappa shape index (κ2) is 7.07. The second-order valence-electron chi connectivity index (χ2n) is 4.85. The fourth-order valence-electron chi connectivity index (χ4n) is 2.07. The van der Waals surface area contributed by atoms with Crippen molar-refractivity contribution in [1.82, 2.24) is 4.98 Å². The Labute approximate surface area is 142 Å². The largest absolute Gasteiger partial charge is 0.354 e. The summed E-state index contributed by atoms with van der Waals surface area (Å²) in [7, 11) is 0. The van der Waals surface area contributed by atoms with Gasteiger partial charge >= 0.3 is 0 Å². The van der Waals surface area contributed by atoms with Crippen LogP contribution in [0.4, 0.5) is 17.1 Å². The molecule has 1 heterocycles. The molecule has 4 nitrogen and oxygen atoms in total. The Morgan fingerprint density at radius 1 is 0.870 bits per heavy atom. The lowest BCUT2D eigenvalue weighted by molar-refractivity contribution is 0.102. The van der Waals surface area contributed by atoms with E-state index in [0.29, 0.717) is 11.4 Å². The lowest BCUT2D eigenvalue weighted by Gasteiger charge is -2.13. The zero-order valence-electron chi connectivity index (χ0n) is 12.2. The highest BCUT2D eigenvalue weighted by Gasteiger charge is 2.09. The number of nitrogens with zero attached hydrogens (tertiary/aromatic N) is 1. The summed E-state index contributed by atoms with van der Waals surface area (Å²) in [6.07, 6.45) is 1.60. The minimum absolute atomic E-state index is 0.240. The van der Waals surface area contributed by atoms with E-state index in [9.17, 15) is 4.79 Å². The molecule has 0 radical (unpaired) electrons. The predicted molar refractivity (Wildman–Crippen MR) is 96.1 cm³/mol. The van der Waals surface area contributed by atoms with Gasteiger partial charge in [-0.1, -0.05) is 34.1 Å². The maximum Gasteiger partial charge on any atom is 0.274 e. The van der Waals surface area contributed by atoms with Gasteiger partial charge in [0.2, 0.25) is 0 Å². The van der Waals surface area contributed by atoms with Gasteiger partial charge in [-0.25, -0.2) is 0 Å². The molecule has 0 unspecified atom stereocenters. The Kier molecular flexibility index (Phi) is 4.68. The number of hydrogen-bond donors (Lipinski definition) is 2. The number of para-hydroxylation sites is 2. The third-order valence-corrected chi connectivity index (χ3v) is 3.72. The first-order chi connectivity index (χ1) is 11.2. The number of hydrogen-bond acceptors (Lipinski definition) is 3. The van der Waals surface area contributed by atoms with Crippen LogP contribution in [-0.2, 0) is 0 Å². The van der Waals surface area contributed by atoms with E-state index < -0.39 is 0 Å². The molecule has 0 saturated heterocycles. The molecular formula is C18H14BrN3O. The van der Waals surface area contributed by atoms with Gasteiger partial charge in [-0.05, 0) is 48.5 Å². The van der Waals surface area contributed by atoms with Crippen molar-refractivity contribution < 1.29 is 4.79 Å². The van der Waals surface area contributed by atoms with Crippen molar-refractivity contribution >= 4 is 38.9 Å². The molecule has 0 aliphatic carbocycles. The lowest BCUT2D eigenvalue weighted by atomic mass is 10.2. The molecule has 5 heteroatoms. The first kappa shape index (κ1) is 15.2. The average Bonchev–Trinajstić information content (AvgIpc) is 2.59. The SMILES string of the molecule is O=C(Nc1ccccc1Nc1ccc(Br)cc1)c1ccccn1. The van der Waals surface area contributed by atoms with Crippen LogP contribution in [0.2, 0.25) is 0 Å². The molecular weight excluding hydrogens is 354 g/mol.